The molecule has 1 fully saturated rings. The van der Waals surface area contributed by atoms with Crippen LogP contribution in [0.2, 0.25) is 0 Å². The zero-order valence-corrected chi connectivity index (χ0v) is 18.0. The summed E-state index contributed by atoms with van der Waals surface area (Å²) in [5.41, 5.74) is 7.30. The Morgan fingerprint density at radius 3 is 2.31 bits per heavy atom. The maximum Gasteiger partial charge on any atom is 0.256 e. The van der Waals surface area contributed by atoms with E-state index < -0.39 is 11.9 Å². The minimum absolute atomic E-state index is 0.139. The van der Waals surface area contributed by atoms with Gasteiger partial charge in [-0.15, -0.1) is 0 Å². The molecule has 5 rings (SSSR count). The van der Waals surface area contributed by atoms with Crippen molar-refractivity contribution in [2.75, 3.05) is 11.4 Å². The van der Waals surface area contributed by atoms with Crippen molar-refractivity contribution in [2.24, 2.45) is 5.73 Å². The van der Waals surface area contributed by atoms with E-state index in [0.717, 1.165) is 12.1 Å². The number of para-hydroxylation sites is 1. The number of fused-ring (bicyclic) bond motifs is 1. The fourth-order valence-electron chi connectivity index (χ4n) is 4.35. The average Bonchev–Trinajstić information content (AvgIpc) is 3.44. The number of amides is 1. The summed E-state index contributed by atoms with van der Waals surface area (Å²) in [6, 6.07) is 21.1. The molecule has 2 aromatic carbocycles. The molecule has 2 aromatic heterocycles. The topological polar surface area (TPSA) is 85.4 Å². The normalized spacial score (nSPS) is 15.9. The van der Waals surface area contributed by atoms with Crippen LogP contribution in [0.3, 0.4) is 0 Å². The molecule has 2 N–H and O–H groups in total. The maximum atomic E-state index is 13.7. The predicted molar refractivity (Wildman–Crippen MR) is 127 cm³/mol. The highest BCUT2D eigenvalue weighted by Gasteiger charge is 2.34. The zero-order chi connectivity index (χ0) is 22.2. The molecular formula is C25H21N3O3S. The number of carbonyl (C=O) groups is 2. The second kappa shape index (κ2) is 8.09. The van der Waals surface area contributed by atoms with E-state index in [9.17, 15) is 14.4 Å². The monoisotopic (exact) mass is 443 g/mol. The standard InChI is InChI=1S/C25H21N3O3S/c26-23(31)19-12-7-15-27(19)25-21(22(30)16-8-3-1-4-9-16)18-13-14-20(29)28(24(18)32-25)17-10-5-2-6-11-17/h1-6,8-11,13-14,19H,7,12,15H2,(H2,26,31)/t19-/m0/s1. The number of hydrogen-bond donors (Lipinski definition) is 1. The van der Waals surface area contributed by atoms with Crippen LogP contribution in [-0.4, -0.2) is 28.8 Å². The Morgan fingerprint density at radius 2 is 1.62 bits per heavy atom. The number of hydrogen-bond acceptors (Lipinski definition) is 5. The van der Waals surface area contributed by atoms with E-state index >= 15 is 0 Å². The van der Waals surface area contributed by atoms with E-state index in [4.69, 9.17) is 5.73 Å². The molecule has 3 heterocycles. The summed E-state index contributed by atoms with van der Waals surface area (Å²) in [7, 11) is 0. The summed E-state index contributed by atoms with van der Waals surface area (Å²) >= 11 is 1.36. The SMILES string of the molecule is NC(=O)[C@@H]1CCCN1c1sc2c(ccc(=O)n2-c2ccccc2)c1C(=O)c1ccccc1. The summed E-state index contributed by atoms with van der Waals surface area (Å²) in [6.07, 6.45) is 1.46. The number of ketones is 1. The number of carbonyl (C=O) groups excluding carboxylic acids is 2. The zero-order valence-electron chi connectivity index (χ0n) is 17.2. The van der Waals surface area contributed by atoms with Gasteiger partial charge in [-0.1, -0.05) is 59.9 Å². The molecule has 1 aliphatic rings. The van der Waals surface area contributed by atoms with E-state index in [2.05, 4.69) is 0 Å². The lowest BCUT2D eigenvalue weighted by molar-refractivity contribution is -0.119. The van der Waals surface area contributed by atoms with Crippen molar-refractivity contribution < 1.29 is 9.59 Å². The first-order valence-electron chi connectivity index (χ1n) is 10.5. The van der Waals surface area contributed by atoms with Gasteiger partial charge >= 0.3 is 0 Å². The summed E-state index contributed by atoms with van der Waals surface area (Å²) < 4.78 is 1.63. The third-order valence-corrected chi connectivity index (χ3v) is 7.07. The van der Waals surface area contributed by atoms with Gasteiger partial charge < -0.3 is 10.6 Å². The van der Waals surface area contributed by atoms with Gasteiger partial charge in [-0.25, -0.2) is 0 Å². The van der Waals surface area contributed by atoms with Gasteiger partial charge in [0, 0.05) is 23.6 Å². The first-order valence-corrected chi connectivity index (χ1v) is 11.3. The smallest absolute Gasteiger partial charge is 0.256 e. The molecule has 0 unspecified atom stereocenters. The van der Waals surface area contributed by atoms with Crippen molar-refractivity contribution in [1.82, 2.24) is 4.57 Å². The van der Waals surface area contributed by atoms with Crippen LogP contribution in [0.5, 0.6) is 0 Å². The molecule has 6 nitrogen and oxygen atoms in total. The quantitative estimate of drug-likeness (QED) is 0.476. The van der Waals surface area contributed by atoms with Gasteiger partial charge in [0.1, 0.15) is 15.9 Å². The highest BCUT2D eigenvalue weighted by molar-refractivity contribution is 7.23. The Hall–Kier alpha value is -3.71. The van der Waals surface area contributed by atoms with Crippen LogP contribution in [0.15, 0.2) is 77.6 Å². The van der Waals surface area contributed by atoms with Crippen LogP contribution in [-0.2, 0) is 4.79 Å². The number of thiophene rings is 1. The molecule has 0 aliphatic carbocycles. The molecular weight excluding hydrogens is 422 g/mol. The minimum Gasteiger partial charge on any atom is -0.368 e. The third-order valence-electron chi connectivity index (χ3n) is 5.84. The lowest BCUT2D eigenvalue weighted by Crippen LogP contribution is -2.40. The Labute approximate surface area is 188 Å². The molecule has 7 heteroatoms. The van der Waals surface area contributed by atoms with Gasteiger partial charge in [-0.3, -0.25) is 19.0 Å². The second-order valence-electron chi connectivity index (χ2n) is 7.79. The molecule has 1 aliphatic heterocycles. The van der Waals surface area contributed by atoms with Crippen molar-refractivity contribution in [3.05, 3.63) is 94.3 Å². The van der Waals surface area contributed by atoms with Crippen LogP contribution in [0, 0.1) is 0 Å². The van der Waals surface area contributed by atoms with Crippen molar-refractivity contribution in [3.8, 4) is 5.69 Å². The van der Waals surface area contributed by atoms with Crippen molar-refractivity contribution >= 4 is 38.2 Å². The second-order valence-corrected chi connectivity index (χ2v) is 8.77. The molecule has 0 saturated carbocycles. The van der Waals surface area contributed by atoms with E-state index in [1.807, 2.05) is 53.4 Å². The van der Waals surface area contributed by atoms with Crippen molar-refractivity contribution in [2.45, 2.75) is 18.9 Å². The lowest BCUT2D eigenvalue weighted by Gasteiger charge is -2.23. The van der Waals surface area contributed by atoms with Gasteiger partial charge in [-0.2, -0.15) is 0 Å². The first kappa shape index (κ1) is 20.2. The number of nitrogens with two attached hydrogens (primary N) is 1. The molecule has 1 atom stereocenters. The van der Waals surface area contributed by atoms with Gasteiger partial charge in [0.25, 0.3) is 5.56 Å². The largest absolute Gasteiger partial charge is 0.368 e. The van der Waals surface area contributed by atoms with Gasteiger partial charge in [0.15, 0.2) is 5.78 Å². The number of nitrogens with zero attached hydrogens (tertiary/aromatic N) is 2. The summed E-state index contributed by atoms with van der Waals surface area (Å²) in [5.74, 6) is -0.543. The van der Waals surface area contributed by atoms with E-state index in [1.54, 1.807) is 22.8 Å². The summed E-state index contributed by atoms with van der Waals surface area (Å²) in [4.78, 5) is 41.3. The number of pyridine rings is 1. The summed E-state index contributed by atoms with van der Waals surface area (Å²) in [5, 5.41) is 1.38. The number of benzene rings is 2. The highest BCUT2D eigenvalue weighted by atomic mass is 32.1. The van der Waals surface area contributed by atoms with Gasteiger partial charge in [-0.05, 0) is 31.0 Å². The van der Waals surface area contributed by atoms with Gasteiger partial charge in [0.05, 0.1) is 11.3 Å². The molecule has 160 valence electrons. The molecule has 4 aromatic rings. The Bertz CT molecular complexity index is 1380. The highest BCUT2D eigenvalue weighted by Crippen LogP contribution is 2.42. The first-order chi connectivity index (χ1) is 15.6. The Morgan fingerprint density at radius 1 is 0.938 bits per heavy atom. The van der Waals surface area contributed by atoms with Crippen molar-refractivity contribution in [3.63, 3.8) is 0 Å². The minimum atomic E-state index is -0.470. The maximum absolute atomic E-state index is 13.7. The molecule has 0 spiro atoms. The van der Waals surface area contributed by atoms with Crippen LogP contribution < -0.4 is 16.2 Å². The van der Waals surface area contributed by atoms with E-state index in [1.165, 1.54) is 17.4 Å². The molecule has 0 bridgehead atoms. The van der Waals surface area contributed by atoms with Crippen LogP contribution in [0.25, 0.3) is 15.9 Å². The number of anilines is 1. The number of aromatic nitrogens is 1. The Kier molecular flexibility index (Phi) is 5.11. The fraction of sp³-hybridized carbons (Fsp3) is 0.160. The van der Waals surface area contributed by atoms with E-state index in [-0.39, 0.29) is 11.3 Å². The number of primary amides is 1. The lowest BCUT2D eigenvalue weighted by atomic mass is 10.0. The fourth-order valence-corrected chi connectivity index (χ4v) is 5.74. The summed E-state index contributed by atoms with van der Waals surface area (Å²) in [6.45, 7) is 0.630. The average molecular weight is 444 g/mol. The molecule has 1 amide bonds. The van der Waals surface area contributed by atoms with Crippen LogP contribution >= 0.6 is 11.3 Å². The predicted octanol–water partition coefficient (Wildman–Crippen LogP) is 3.74. The molecule has 0 radical (unpaired) electrons. The number of rotatable bonds is 5. The molecule has 1 saturated heterocycles. The van der Waals surface area contributed by atoms with Crippen molar-refractivity contribution in [1.29, 1.82) is 0 Å². The molecule has 32 heavy (non-hydrogen) atoms. The third kappa shape index (κ3) is 3.31. The van der Waals surface area contributed by atoms with Gasteiger partial charge in [0.2, 0.25) is 5.91 Å². The van der Waals surface area contributed by atoms with E-state index in [0.29, 0.717) is 39.3 Å². The van der Waals surface area contributed by atoms with Crippen LogP contribution in [0.1, 0.15) is 28.8 Å². The van der Waals surface area contributed by atoms with Crippen LogP contribution in [0.4, 0.5) is 5.00 Å². The Balaban J connectivity index is 1.81.